The number of aromatic nitrogens is 1. The van der Waals surface area contributed by atoms with Gasteiger partial charge in [0.15, 0.2) is 0 Å². The number of pyridine rings is 1. The van der Waals surface area contributed by atoms with Crippen molar-refractivity contribution in [3.05, 3.63) is 29.6 Å². The minimum absolute atomic E-state index is 0.567. The Morgan fingerprint density at radius 3 is 2.71 bits per heavy atom. The first kappa shape index (κ1) is 11.2. The predicted molar refractivity (Wildman–Crippen MR) is 68.9 cm³/mol. The molecule has 17 heavy (non-hydrogen) atoms. The van der Waals surface area contributed by atoms with Gasteiger partial charge in [-0.05, 0) is 37.8 Å². The quantitative estimate of drug-likeness (QED) is 0.859. The van der Waals surface area contributed by atoms with Crippen LogP contribution in [-0.4, -0.2) is 36.1 Å². The molecule has 1 atom stereocenters. The van der Waals surface area contributed by atoms with Gasteiger partial charge in [-0.1, -0.05) is 6.07 Å². The zero-order valence-corrected chi connectivity index (χ0v) is 10.5. The van der Waals surface area contributed by atoms with Crippen LogP contribution >= 0.6 is 0 Å². The third-order valence-corrected chi connectivity index (χ3v) is 3.83. The Hall–Kier alpha value is -0.930. The van der Waals surface area contributed by atoms with Gasteiger partial charge >= 0.3 is 0 Å². The molecule has 1 aliphatic carbocycles. The van der Waals surface area contributed by atoms with Crippen molar-refractivity contribution in [3.8, 4) is 0 Å². The van der Waals surface area contributed by atoms with Crippen molar-refractivity contribution in [2.45, 2.75) is 25.8 Å². The first-order valence-corrected chi connectivity index (χ1v) is 6.73. The first-order chi connectivity index (χ1) is 8.34. The lowest BCUT2D eigenvalue weighted by molar-refractivity contribution is 0.153. The molecule has 3 rings (SSSR count). The smallest absolute Gasteiger partial charge is 0.0581 e. The van der Waals surface area contributed by atoms with Crippen LogP contribution in [0.5, 0.6) is 0 Å². The first-order valence-electron chi connectivity index (χ1n) is 6.73. The number of nitrogens with zero attached hydrogens (tertiary/aromatic N) is 2. The fourth-order valence-electron chi connectivity index (χ4n) is 2.83. The highest BCUT2D eigenvalue weighted by atomic mass is 15.2. The molecular weight excluding hydrogens is 210 g/mol. The second kappa shape index (κ2) is 4.75. The van der Waals surface area contributed by atoms with Crippen LogP contribution in [-0.2, 0) is 0 Å². The van der Waals surface area contributed by atoms with Gasteiger partial charge in [0.25, 0.3) is 0 Å². The molecule has 1 aromatic rings. The van der Waals surface area contributed by atoms with Gasteiger partial charge in [-0.15, -0.1) is 0 Å². The largest absolute Gasteiger partial charge is 0.314 e. The molecule has 92 valence electrons. The van der Waals surface area contributed by atoms with Gasteiger partial charge in [0.1, 0.15) is 0 Å². The van der Waals surface area contributed by atoms with E-state index in [0.29, 0.717) is 6.04 Å². The fraction of sp³-hybridized carbons (Fsp3) is 0.643. The van der Waals surface area contributed by atoms with E-state index in [2.05, 4.69) is 35.3 Å². The molecule has 1 aliphatic heterocycles. The highest BCUT2D eigenvalue weighted by Gasteiger charge is 2.37. The van der Waals surface area contributed by atoms with Crippen LogP contribution in [0.4, 0.5) is 0 Å². The standard InChI is InChI=1S/C14H21N3/c1-11-3-2-4-13(16-11)14(12-5-6-12)17-9-7-15-8-10-17/h2-4,12,14-15H,5-10H2,1H3/t14-/m0/s1. The summed E-state index contributed by atoms with van der Waals surface area (Å²) in [7, 11) is 0. The van der Waals surface area contributed by atoms with E-state index in [1.165, 1.54) is 18.5 Å². The van der Waals surface area contributed by atoms with E-state index in [4.69, 9.17) is 4.98 Å². The Morgan fingerprint density at radius 2 is 2.06 bits per heavy atom. The van der Waals surface area contributed by atoms with Crippen LogP contribution in [0.2, 0.25) is 0 Å². The van der Waals surface area contributed by atoms with Gasteiger partial charge in [-0.25, -0.2) is 0 Å². The molecule has 2 fully saturated rings. The van der Waals surface area contributed by atoms with E-state index in [9.17, 15) is 0 Å². The number of rotatable bonds is 3. The maximum Gasteiger partial charge on any atom is 0.0581 e. The van der Waals surface area contributed by atoms with Crippen LogP contribution in [0.3, 0.4) is 0 Å². The summed E-state index contributed by atoms with van der Waals surface area (Å²) in [5.41, 5.74) is 2.43. The number of hydrogen-bond donors (Lipinski definition) is 1. The summed E-state index contributed by atoms with van der Waals surface area (Å²) in [5.74, 6) is 0.849. The average Bonchev–Trinajstić information content (AvgIpc) is 3.15. The van der Waals surface area contributed by atoms with E-state index >= 15 is 0 Å². The molecular formula is C14H21N3. The highest BCUT2D eigenvalue weighted by Crippen LogP contribution is 2.44. The average molecular weight is 231 g/mol. The third-order valence-electron chi connectivity index (χ3n) is 3.83. The molecule has 0 aromatic carbocycles. The molecule has 2 heterocycles. The molecule has 0 bridgehead atoms. The predicted octanol–water partition coefficient (Wildman–Crippen LogP) is 1.75. The topological polar surface area (TPSA) is 28.2 Å². The molecule has 3 nitrogen and oxygen atoms in total. The molecule has 0 radical (unpaired) electrons. The maximum atomic E-state index is 4.75. The summed E-state index contributed by atoms with van der Waals surface area (Å²) in [6.07, 6.45) is 2.76. The molecule has 1 saturated carbocycles. The van der Waals surface area contributed by atoms with E-state index in [0.717, 1.165) is 37.8 Å². The molecule has 0 unspecified atom stereocenters. The summed E-state index contributed by atoms with van der Waals surface area (Å²) >= 11 is 0. The minimum Gasteiger partial charge on any atom is -0.314 e. The van der Waals surface area contributed by atoms with Crippen molar-refractivity contribution in [3.63, 3.8) is 0 Å². The zero-order valence-electron chi connectivity index (χ0n) is 10.5. The molecule has 2 aliphatic rings. The summed E-state index contributed by atoms with van der Waals surface area (Å²) in [6, 6.07) is 7.01. The van der Waals surface area contributed by atoms with Gasteiger partial charge < -0.3 is 5.32 Å². The van der Waals surface area contributed by atoms with Crippen LogP contribution in [0.25, 0.3) is 0 Å². The van der Waals surface area contributed by atoms with Gasteiger partial charge in [0.05, 0.1) is 11.7 Å². The maximum absolute atomic E-state index is 4.75. The Bertz CT molecular complexity index is 381. The second-order valence-electron chi connectivity index (χ2n) is 5.27. The van der Waals surface area contributed by atoms with Crippen molar-refractivity contribution in [2.24, 2.45) is 5.92 Å². The molecule has 1 saturated heterocycles. The summed E-state index contributed by atoms with van der Waals surface area (Å²) < 4.78 is 0. The van der Waals surface area contributed by atoms with E-state index in [1.54, 1.807) is 0 Å². The zero-order chi connectivity index (χ0) is 11.7. The summed E-state index contributed by atoms with van der Waals surface area (Å²) in [4.78, 5) is 7.37. The Kier molecular flexibility index (Phi) is 3.12. The molecule has 0 amide bonds. The SMILES string of the molecule is Cc1cccc([C@H](C2CC2)N2CCNCC2)n1. The van der Waals surface area contributed by atoms with Gasteiger partial charge in [-0.2, -0.15) is 0 Å². The van der Waals surface area contributed by atoms with E-state index in [1.807, 2.05) is 0 Å². The summed E-state index contributed by atoms with van der Waals surface area (Å²) in [5, 5.41) is 3.43. The van der Waals surface area contributed by atoms with E-state index in [-0.39, 0.29) is 0 Å². The number of nitrogens with one attached hydrogen (secondary N) is 1. The van der Waals surface area contributed by atoms with Crippen molar-refractivity contribution in [1.82, 2.24) is 15.2 Å². The van der Waals surface area contributed by atoms with E-state index < -0.39 is 0 Å². The number of hydrogen-bond acceptors (Lipinski definition) is 3. The van der Waals surface area contributed by atoms with Crippen molar-refractivity contribution >= 4 is 0 Å². The number of aryl methyl sites for hydroxylation is 1. The normalized spacial score (nSPS) is 23.6. The van der Waals surface area contributed by atoms with Gasteiger partial charge in [0, 0.05) is 31.9 Å². The minimum atomic E-state index is 0.567. The highest BCUT2D eigenvalue weighted by molar-refractivity contribution is 5.16. The van der Waals surface area contributed by atoms with Crippen molar-refractivity contribution in [1.29, 1.82) is 0 Å². The fourth-order valence-corrected chi connectivity index (χ4v) is 2.83. The Balaban J connectivity index is 1.83. The molecule has 0 spiro atoms. The van der Waals surface area contributed by atoms with Crippen molar-refractivity contribution < 1.29 is 0 Å². The lowest BCUT2D eigenvalue weighted by atomic mass is 10.0. The molecule has 1 N–H and O–H groups in total. The van der Waals surface area contributed by atoms with Gasteiger partial charge in [0.2, 0.25) is 0 Å². The molecule has 1 aromatic heterocycles. The van der Waals surface area contributed by atoms with Gasteiger partial charge in [-0.3, -0.25) is 9.88 Å². The Labute approximate surface area is 103 Å². The Morgan fingerprint density at radius 1 is 1.29 bits per heavy atom. The van der Waals surface area contributed by atoms with Crippen LogP contribution < -0.4 is 5.32 Å². The lowest BCUT2D eigenvalue weighted by Crippen LogP contribution is -2.45. The monoisotopic (exact) mass is 231 g/mol. The lowest BCUT2D eigenvalue weighted by Gasteiger charge is -2.34. The van der Waals surface area contributed by atoms with Crippen molar-refractivity contribution in [2.75, 3.05) is 26.2 Å². The second-order valence-corrected chi connectivity index (χ2v) is 5.27. The third kappa shape index (κ3) is 2.50. The van der Waals surface area contributed by atoms with Crippen LogP contribution in [0.1, 0.15) is 30.3 Å². The van der Waals surface area contributed by atoms with Crippen LogP contribution in [0, 0.1) is 12.8 Å². The molecule has 3 heteroatoms. The number of piperazine rings is 1. The summed E-state index contributed by atoms with van der Waals surface area (Å²) in [6.45, 7) is 6.66. The van der Waals surface area contributed by atoms with Crippen LogP contribution in [0.15, 0.2) is 18.2 Å².